The Labute approximate surface area is 119 Å². The molecule has 0 bridgehead atoms. The summed E-state index contributed by atoms with van der Waals surface area (Å²) in [5.74, 6) is -0.673. The highest BCUT2D eigenvalue weighted by molar-refractivity contribution is 5.95. The van der Waals surface area contributed by atoms with Crippen LogP contribution in [0.5, 0.6) is 5.75 Å². The second-order valence-corrected chi connectivity index (χ2v) is 4.84. The maximum absolute atomic E-state index is 12.3. The number of hydrogen-bond acceptors (Lipinski definition) is 4. The van der Waals surface area contributed by atoms with Crippen LogP contribution in [-0.2, 0) is 0 Å². The monoisotopic (exact) mass is 304 g/mol. The maximum Gasteiger partial charge on any atom is 0.422 e. The Morgan fingerprint density at radius 3 is 2.90 bits per heavy atom. The van der Waals surface area contributed by atoms with Crippen LogP contribution in [0.4, 0.5) is 13.2 Å². The first-order valence-corrected chi connectivity index (χ1v) is 6.45. The van der Waals surface area contributed by atoms with E-state index < -0.39 is 18.7 Å². The van der Waals surface area contributed by atoms with Crippen LogP contribution in [0, 0.1) is 5.92 Å². The number of carbonyl (C=O) groups is 1. The number of aliphatic hydroxyl groups excluding tert-OH is 1. The van der Waals surface area contributed by atoms with Crippen LogP contribution >= 0.6 is 0 Å². The van der Waals surface area contributed by atoms with Gasteiger partial charge in [-0.1, -0.05) is 0 Å². The van der Waals surface area contributed by atoms with Gasteiger partial charge in [-0.3, -0.25) is 4.79 Å². The lowest BCUT2D eigenvalue weighted by atomic mass is 10.1. The molecule has 1 N–H and O–H groups in total. The summed E-state index contributed by atoms with van der Waals surface area (Å²) in [5, 5.41) is 9.06. The summed E-state index contributed by atoms with van der Waals surface area (Å²) in [7, 11) is 0. The van der Waals surface area contributed by atoms with Crippen LogP contribution < -0.4 is 4.74 Å². The lowest BCUT2D eigenvalue weighted by Gasteiger charge is -2.18. The Balaban J connectivity index is 2.10. The molecule has 1 amide bonds. The highest BCUT2D eigenvalue weighted by atomic mass is 19.4. The largest absolute Gasteiger partial charge is 0.482 e. The summed E-state index contributed by atoms with van der Waals surface area (Å²) in [6.07, 6.45) is -2.49. The van der Waals surface area contributed by atoms with E-state index >= 15 is 0 Å². The van der Waals surface area contributed by atoms with Crippen LogP contribution in [0.25, 0.3) is 0 Å². The molecule has 1 aliphatic rings. The number of aliphatic hydroxyl groups is 1. The van der Waals surface area contributed by atoms with Crippen molar-refractivity contribution in [1.82, 2.24) is 9.88 Å². The first-order valence-electron chi connectivity index (χ1n) is 6.45. The Bertz CT molecular complexity index is 508. The molecule has 0 aliphatic carbocycles. The van der Waals surface area contributed by atoms with Crippen LogP contribution in [0.15, 0.2) is 18.3 Å². The number of alkyl halides is 3. The summed E-state index contributed by atoms with van der Waals surface area (Å²) in [5.41, 5.74) is -0.139. The molecule has 1 fully saturated rings. The van der Waals surface area contributed by atoms with Gasteiger partial charge in [0, 0.05) is 31.8 Å². The van der Waals surface area contributed by atoms with Crippen molar-refractivity contribution >= 4 is 5.91 Å². The zero-order valence-corrected chi connectivity index (χ0v) is 11.1. The van der Waals surface area contributed by atoms with E-state index in [1.807, 2.05) is 0 Å². The van der Waals surface area contributed by atoms with Crippen molar-refractivity contribution in [3.05, 3.63) is 24.0 Å². The molecule has 5 nitrogen and oxygen atoms in total. The van der Waals surface area contributed by atoms with Crippen LogP contribution in [-0.4, -0.2) is 53.4 Å². The van der Waals surface area contributed by atoms with E-state index in [2.05, 4.69) is 9.72 Å². The predicted molar refractivity (Wildman–Crippen MR) is 66.9 cm³/mol. The number of amides is 1. The number of aromatic nitrogens is 1. The molecular weight excluding hydrogens is 289 g/mol. The second kappa shape index (κ2) is 6.30. The second-order valence-electron chi connectivity index (χ2n) is 4.84. The van der Waals surface area contributed by atoms with E-state index in [0.29, 0.717) is 19.5 Å². The zero-order chi connectivity index (χ0) is 15.5. The number of likely N-dealkylation sites (tertiary alicyclic amines) is 1. The van der Waals surface area contributed by atoms with Crippen molar-refractivity contribution in [2.75, 3.05) is 26.3 Å². The van der Waals surface area contributed by atoms with E-state index in [1.54, 1.807) is 0 Å². The normalized spacial score (nSPS) is 18.9. The van der Waals surface area contributed by atoms with Crippen molar-refractivity contribution in [3.63, 3.8) is 0 Å². The first-order chi connectivity index (χ1) is 9.90. The molecule has 0 radical (unpaired) electrons. The summed E-state index contributed by atoms with van der Waals surface area (Å²) in [6, 6.07) is 2.69. The van der Waals surface area contributed by atoms with Crippen molar-refractivity contribution in [2.24, 2.45) is 5.92 Å². The minimum Gasteiger partial charge on any atom is -0.482 e. The van der Waals surface area contributed by atoms with Gasteiger partial charge in [0.2, 0.25) is 0 Å². The Kier molecular flexibility index (Phi) is 4.66. The molecule has 116 valence electrons. The minimum atomic E-state index is -4.48. The molecule has 1 aliphatic heterocycles. The molecule has 0 spiro atoms. The van der Waals surface area contributed by atoms with E-state index in [1.165, 1.54) is 23.2 Å². The van der Waals surface area contributed by atoms with Gasteiger partial charge in [-0.15, -0.1) is 0 Å². The van der Waals surface area contributed by atoms with E-state index in [-0.39, 0.29) is 24.0 Å². The van der Waals surface area contributed by atoms with Gasteiger partial charge in [-0.2, -0.15) is 13.2 Å². The van der Waals surface area contributed by atoms with Gasteiger partial charge >= 0.3 is 6.18 Å². The number of rotatable bonds is 4. The topological polar surface area (TPSA) is 62.7 Å². The van der Waals surface area contributed by atoms with Crippen molar-refractivity contribution in [2.45, 2.75) is 12.6 Å². The van der Waals surface area contributed by atoms with E-state index in [0.717, 1.165) is 0 Å². The lowest BCUT2D eigenvalue weighted by Crippen LogP contribution is -2.30. The molecular formula is C13H15F3N2O3. The first kappa shape index (κ1) is 15.6. The van der Waals surface area contributed by atoms with E-state index in [9.17, 15) is 18.0 Å². The Hall–Kier alpha value is -1.83. The number of ether oxygens (including phenoxy) is 1. The lowest BCUT2D eigenvalue weighted by molar-refractivity contribution is -0.153. The van der Waals surface area contributed by atoms with Gasteiger partial charge in [0.15, 0.2) is 18.1 Å². The molecule has 2 heterocycles. The molecule has 0 aromatic carbocycles. The summed E-state index contributed by atoms with van der Waals surface area (Å²) < 4.78 is 41.3. The van der Waals surface area contributed by atoms with Gasteiger partial charge in [0.25, 0.3) is 5.91 Å². The highest BCUT2D eigenvalue weighted by Crippen LogP contribution is 2.24. The third kappa shape index (κ3) is 4.07. The van der Waals surface area contributed by atoms with Gasteiger partial charge in [-0.05, 0) is 18.6 Å². The minimum absolute atomic E-state index is 0.00259. The van der Waals surface area contributed by atoms with Gasteiger partial charge in [0.1, 0.15) is 0 Å². The smallest absolute Gasteiger partial charge is 0.422 e. The predicted octanol–water partition coefficient (Wildman–Crippen LogP) is 1.48. The number of pyridine rings is 1. The summed E-state index contributed by atoms with van der Waals surface area (Å²) in [6.45, 7) is -0.689. The molecule has 2 rings (SSSR count). The molecule has 1 aromatic rings. The van der Waals surface area contributed by atoms with Gasteiger partial charge < -0.3 is 14.7 Å². The molecule has 1 aromatic heterocycles. The third-order valence-corrected chi connectivity index (χ3v) is 3.20. The third-order valence-electron chi connectivity index (χ3n) is 3.20. The molecule has 21 heavy (non-hydrogen) atoms. The zero-order valence-electron chi connectivity index (χ0n) is 11.1. The number of carbonyl (C=O) groups excluding carboxylic acids is 1. The Morgan fingerprint density at radius 1 is 1.52 bits per heavy atom. The van der Waals surface area contributed by atoms with Crippen molar-refractivity contribution in [1.29, 1.82) is 0 Å². The average Bonchev–Trinajstić information content (AvgIpc) is 2.93. The highest BCUT2D eigenvalue weighted by Gasteiger charge is 2.31. The van der Waals surface area contributed by atoms with Crippen LogP contribution in [0.2, 0.25) is 0 Å². The number of nitrogens with zero attached hydrogens (tertiary/aromatic N) is 2. The van der Waals surface area contributed by atoms with E-state index in [4.69, 9.17) is 5.11 Å². The summed E-state index contributed by atoms with van der Waals surface area (Å²) >= 11 is 0. The SMILES string of the molecule is O=C(c1ncccc1OCC(F)(F)F)N1CCC(CO)C1. The number of halogens is 3. The molecule has 0 saturated carbocycles. The van der Waals surface area contributed by atoms with Crippen LogP contribution in [0.3, 0.4) is 0 Å². The summed E-state index contributed by atoms with van der Waals surface area (Å²) in [4.78, 5) is 17.6. The fraction of sp³-hybridized carbons (Fsp3) is 0.538. The van der Waals surface area contributed by atoms with Crippen molar-refractivity contribution in [3.8, 4) is 5.75 Å². The molecule has 1 unspecified atom stereocenters. The molecule has 1 saturated heterocycles. The maximum atomic E-state index is 12.3. The van der Waals surface area contributed by atoms with Gasteiger partial charge in [-0.25, -0.2) is 4.98 Å². The quantitative estimate of drug-likeness (QED) is 0.915. The standard InChI is InChI=1S/C13H15F3N2O3/c14-13(15,16)8-21-10-2-1-4-17-11(10)12(20)18-5-3-9(6-18)7-19/h1-2,4,9,19H,3,5-8H2. The fourth-order valence-corrected chi connectivity index (χ4v) is 2.14. The van der Waals surface area contributed by atoms with Crippen LogP contribution in [0.1, 0.15) is 16.9 Å². The average molecular weight is 304 g/mol. The van der Waals surface area contributed by atoms with Gasteiger partial charge in [0.05, 0.1) is 0 Å². The van der Waals surface area contributed by atoms with Crippen molar-refractivity contribution < 1.29 is 27.8 Å². The Morgan fingerprint density at radius 2 is 2.29 bits per heavy atom. The number of hydrogen-bond donors (Lipinski definition) is 1. The fourth-order valence-electron chi connectivity index (χ4n) is 2.14. The molecule has 1 atom stereocenters. The molecule has 8 heteroatoms.